The summed E-state index contributed by atoms with van der Waals surface area (Å²) in [5, 5.41) is 9.47. The van der Waals surface area contributed by atoms with Gasteiger partial charge in [0.25, 0.3) is 0 Å². The molecular formula is C15H20BrFN2O2. The maximum Gasteiger partial charge on any atom is 0.226 e. The van der Waals surface area contributed by atoms with Crippen LogP contribution in [-0.2, 0) is 11.3 Å². The van der Waals surface area contributed by atoms with Gasteiger partial charge in [-0.25, -0.2) is 4.39 Å². The number of carbonyl (C=O) groups is 1. The average molecular weight is 359 g/mol. The molecule has 1 aromatic rings. The lowest BCUT2D eigenvalue weighted by atomic mass is 9.96. The van der Waals surface area contributed by atoms with E-state index in [2.05, 4.69) is 20.8 Å². The van der Waals surface area contributed by atoms with E-state index >= 15 is 0 Å². The van der Waals surface area contributed by atoms with Gasteiger partial charge in [0, 0.05) is 50.7 Å². The first-order chi connectivity index (χ1) is 9.90. The molecule has 116 valence electrons. The summed E-state index contributed by atoms with van der Waals surface area (Å²) in [5.74, 6) is -0.492. The Balaban J connectivity index is 2.07. The van der Waals surface area contributed by atoms with Crippen molar-refractivity contribution in [2.75, 3.05) is 33.8 Å². The molecule has 1 aromatic carbocycles. The second-order valence-electron chi connectivity index (χ2n) is 5.75. The Morgan fingerprint density at radius 1 is 1.43 bits per heavy atom. The first kappa shape index (κ1) is 16.4. The third-order valence-electron chi connectivity index (χ3n) is 3.84. The normalized spacial score (nSPS) is 22.5. The number of benzene rings is 1. The van der Waals surface area contributed by atoms with Gasteiger partial charge in [0.05, 0.1) is 5.92 Å². The summed E-state index contributed by atoms with van der Waals surface area (Å²) in [4.78, 5) is 15.8. The van der Waals surface area contributed by atoms with Gasteiger partial charge in [0.1, 0.15) is 5.82 Å². The van der Waals surface area contributed by atoms with Crippen LogP contribution in [0.3, 0.4) is 0 Å². The Bertz CT molecular complexity index is 504. The molecule has 1 heterocycles. The first-order valence-corrected chi connectivity index (χ1v) is 7.69. The average Bonchev–Trinajstić information content (AvgIpc) is 2.79. The van der Waals surface area contributed by atoms with Gasteiger partial charge in [0.15, 0.2) is 0 Å². The molecule has 1 aliphatic heterocycles. The van der Waals surface area contributed by atoms with E-state index in [9.17, 15) is 14.3 Å². The highest BCUT2D eigenvalue weighted by Crippen LogP contribution is 2.26. The fourth-order valence-corrected chi connectivity index (χ4v) is 3.36. The number of amides is 1. The molecule has 1 fully saturated rings. The molecule has 0 saturated carbocycles. The largest absolute Gasteiger partial charge is 0.396 e. The van der Waals surface area contributed by atoms with Crippen LogP contribution in [-0.4, -0.2) is 54.6 Å². The molecule has 0 spiro atoms. The van der Waals surface area contributed by atoms with E-state index in [0.717, 1.165) is 5.56 Å². The summed E-state index contributed by atoms with van der Waals surface area (Å²) in [5.41, 5.74) is 0.858. The Kier molecular flexibility index (Phi) is 5.35. The molecule has 0 bridgehead atoms. The van der Waals surface area contributed by atoms with Crippen molar-refractivity contribution in [2.45, 2.75) is 6.54 Å². The Morgan fingerprint density at radius 2 is 2.14 bits per heavy atom. The number of aliphatic hydroxyl groups excluding tert-OH is 1. The number of carbonyl (C=O) groups excluding carboxylic acids is 1. The maximum absolute atomic E-state index is 13.4. The topological polar surface area (TPSA) is 43.8 Å². The maximum atomic E-state index is 13.4. The zero-order valence-electron chi connectivity index (χ0n) is 12.2. The van der Waals surface area contributed by atoms with Crippen molar-refractivity contribution in [1.82, 2.24) is 9.80 Å². The summed E-state index contributed by atoms with van der Waals surface area (Å²) in [6.45, 7) is 1.81. The van der Waals surface area contributed by atoms with E-state index in [0.29, 0.717) is 24.1 Å². The Hall–Kier alpha value is -0.980. The Labute approximate surface area is 132 Å². The van der Waals surface area contributed by atoms with Crippen LogP contribution < -0.4 is 0 Å². The van der Waals surface area contributed by atoms with Crippen molar-refractivity contribution < 1.29 is 14.3 Å². The van der Waals surface area contributed by atoms with Gasteiger partial charge in [-0.1, -0.05) is 15.9 Å². The third-order valence-corrected chi connectivity index (χ3v) is 4.30. The predicted molar refractivity (Wildman–Crippen MR) is 82.1 cm³/mol. The zero-order chi connectivity index (χ0) is 15.6. The molecular weight excluding hydrogens is 339 g/mol. The fraction of sp³-hybridized carbons (Fsp3) is 0.533. The van der Waals surface area contributed by atoms with Crippen LogP contribution in [0.1, 0.15) is 5.56 Å². The number of aliphatic hydroxyl groups is 1. The van der Waals surface area contributed by atoms with Gasteiger partial charge in [0.2, 0.25) is 5.91 Å². The minimum atomic E-state index is -0.279. The van der Waals surface area contributed by atoms with Gasteiger partial charge in [-0.15, -0.1) is 0 Å². The lowest BCUT2D eigenvalue weighted by molar-refractivity contribution is -0.134. The molecule has 1 N–H and O–H groups in total. The highest BCUT2D eigenvalue weighted by molar-refractivity contribution is 9.10. The van der Waals surface area contributed by atoms with Gasteiger partial charge >= 0.3 is 0 Å². The summed E-state index contributed by atoms with van der Waals surface area (Å²) in [6, 6.07) is 4.79. The van der Waals surface area contributed by atoms with Gasteiger partial charge in [-0.3, -0.25) is 9.69 Å². The van der Waals surface area contributed by atoms with Gasteiger partial charge < -0.3 is 10.0 Å². The molecule has 1 saturated heterocycles. The highest BCUT2D eigenvalue weighted by atomic mass is 79.9. The molecule has 21 heavy (non-hydrogen) atoms. The van der Waals surface area contributed by atoms with Crippen LogP contribution in [0.15, 0.2) is 22.7 Å². The Morgan fingerprint density at radius 3 is 2.71 bits per heavy atom. The fourth-order valence-electron chi connectivity index (χ4n) is 2.85. The van der Waals surface area contributed by atoms with Crippen molar-refractivity contribution in [3.8, 4) is 0 Å². The van der Waals surface area contributed by atoms with E-state index in [-0.39, 0.29) is 30.2 Å². The quantitative estimate of drug-likeness (QED) is 0.890. The van der Waals surface area contributed by atoms with Crippen LogP contribution in [0.5, 0.6) is 0 Å². The molecule has 4 nitrogen and oxygen atoms in total. The summed E-state index contributed by atoms with van der Waals surface area (Å²) in [6.07, 6.45) is 0. The van der Waals surface area contributed by atoms with Crippen molar-refractivity contribution in [3.05, 3.63) is 34.1 Å². The minimum Gasteiger partial charge on any atom is -0.396 e. The first-order valence-electron chi connectivity index (χ1n) is 6.90. The summed E-state index contributed by atoms with van der Waals surface area (Å²) >= 11 is 3.28. The molecule has 0 aromatic heterocycles. The van der Waals surface area contributed by atoms with Crippen LogP contribution >= 0.6 is 15.9 Å². The molecule has 2 rings (SSSR count). The van der Waals surface area contributed by atoms with E-state index in [1.807, 2.05) is 6.07 Å². The second-order valence-corrected chi connectivity index (χ2v) is 6.67. The molecule has 0 unspecified atom stereocenters. The van der Waals surface area contributed by atoms with E-state index in [1.54, 1.807) is 19.0 Å². The number of hydrogen-bond donors (Lipinski definition) is 1. The molecule has 1 amide bonds. The number of likely N-dealkylation sites (tertiary alicyclic amines) is 1. The monoisotopic (exact) mass is 358 g/mol. The SMILES string of the molecule is CN(C)C(=O)[C@@H]1CN(Cc2cc(F)cc(Br)c2)C[C@H]1CO. The number of hydrogen-bond acceptors (Lipinski definition) is 3. The minimum absolute atomic E-state index is 0.00636. The molecule has 1 aliphatic rings. The van der Waals surface area contributed by atoms with Crippen molar-refractivity contribution >= 4 is 21.8 Å². The number of rotatable bonds is 4. The summed E-state index contributed by atoms with van der Waals surface area (Å²) in [7, 11) is 3.45. The third kappa shape index (κ3) is 4.02. The van der Waals surface area contributed by atoms with Crippen LogP contribution in [0.2, 0.25) is 0 Å². The van der Waals surface area contributed by atoms with Crippen molar-refractivity contribution in [3.63, 3.8) is 0 Å². The van der Waals surface area contributed by atoms with Crippen molar-refractivity contribution in [1.29, 1.82) is 0 Å². The lowest BCUT2D eigenvalue weighted by Crippen LogP contribution is -2.35. The summed E-state index contributed by atoms with van der Waals surface area (Å²) < 4.78 is 14.1. The zero-order valence-corrected chi connectivity index (χ0v) is 13.8. The smallest absolute Gasteiger partial charge is 0.226 e. The standard InChI is InChI=1S/C15H20BrFN2O2/c1-18(2)15(21)14-8-19(7-11(14)9-20)6-10-3-12(16)5-13(17)4-10/h3-5,11,14,20H,6-9H2,1-2H3/t11-,14+/m0/s1. The van der Waals surface area contributed by atoms with E-state index in [1.165, 1.54) is 12.1 Å². The van der Waals surface area contributed by atoms with Gasteiger partial charge in [-0.2, -0.15) is 0 Å². The predicted octanol–water partition coefficient (Wildman–Crippen LogP) is 1.72. The number of halogens is 2. The lowest BCUT2D eigenvalue weighted by Gasteiger charge is -2.20. The van der Waals surface area contributed by atoms with E-state index in [4.69, 9.17) is 0 Å². The van der Waals surface area contributed by atoms with Crippen LogP contribution in [0.25, 0.3) is 0 Å². The number of nitrogens with zero attached hydrogens (tertiary/aromatic N) is 2. The second kappa shape index (κ2) is 6.85. The highest BCUT2D eigenvalue weighted by Gasteiger charge is 2.37. The van der Waals surface area contributed by atoms with Crippen LogP contribution in [0.4, 0.5) is 4.39 Å². The van der Waals surface area contributed by atoms with E-state index < -0.39 is 0 Å². The molecule has 2 atom stereocenters. The van der Waals surface area contributed by atoms with Gasteiger partial charge in [-0.05, 0) is 23.8 Å². The van der Waals surface area contributed by atoms with Crippen molar-refractivity contribution in [2.24, 2.45) is 11.8 Å². The molecule has 0 radical (unpaired) electrons. The van der Waals surface area contributed by atoms with Crippen LogP contribution in [0, 0.1) is 17.7 Å². The molecule has 6 heteroatoms. The molecule has 0 aliphatic carbocycles.